The van der Waals surface area contributed by atoms with Gasteiger partial charge in [-0.25, -0.2) is 14.6 Å². The van der Waals surface area contributed by atoms with E-state index in [1.54, 1.807) is 56.6 Å². The molecule has 3 aromatic rings. The highest BCUT2D eigenvalue weighted by molar-refractivity contribution is 7.18. The molecule has 0 aromatic carbocycles. The van der Waals surface area contributed by atoms with Crippen LogP contribution in [-0.4, -0.2) is 39.9 Å². The summed E-state index contributed by atoms with van der Waals surface area (Å²) < 4.78 is 12.1. The molecule has 0 aliphatic rings. The van der Waals surface area contributed by atoms with Crippen LogP contribution in [0.15, 0.2) is 24.5 Å². The summed E-state index contributed by atoms with van der Waals surface area (Å²) in [6.45, 7) is 6.94. The van der Waals surface area contributed by atoms with Gasteiger partial charge in [-0.3, -0.25) is 4.79 Å². The third-order valence-electron chi connectivity index (χ3n) is 4.21. The van der Waals surface area contributed by atoms with Crippen molar-refractivity contribution in [1.29, 1.82) is 0 Å². The molecule has 0 fully saturated rings. The SMILES string of the molecule is CCOC(=O)c1c(NC(=O)Cc2cn3cc(Cl)ccc3n2)sc(C(=O)OC(C)C)c1C. The average Bonchev–Trinajstić information content (AvgIpc) is 3.20. The molecular weight excluding hydrogens is 442 g/mol. The van der Waals surface area contributed by atoms with E-state index in [1.165, 1.54) is 0 Å². The minimum atomic E-state index is -0.613. The highest BCUT2D eigenvalue weighted by Crippen LogP contribution is 2.34. The number of ether oxygens (including phenoxy) is 2. The maximum absolute atomic E-state index is 12.7. The second kappa shape index (κ2) is 9.49. The Labute approximate surface area is 188 Å². The van der Waals surface area contributed by atoms with Crippen molar-refractivity contribution >= 4 is 51.4 Å². The third kappa shape index (κ3) is 5.23. The molecule has 0 aliphatic heterocycles. The number of amides is 1. The number of nitrogens with one attached hydrogen (secondary N) is 1. The normalized spacial score (nSPS) is 11.0. The molecule has 0 atom stereocenters. The van der Waals surface area contributed by atoms with Gasteiger partial charge in [0, 0.05) is 12.4 Å². The van der Waals surface area contributed by atoms with Gasteiger partial charge in [-0.15, -0.1) is 11.3 Å². The van der Waals surface area contributed by atoms with Gasteiger partial charge in [0.15, 0.2) is 0 Å². The lowest BCUT2D eigenvalue weighted by Crippen LogP contribution is -2.16. The van der Waals surface area contributed by atoms with E-state index >= 15 is 0 Å². The molecule has 10 heteroatoms. The molecule has 0 bridgehead atoms. The number of thiophene rings is 1. The van der Waals surface area contributed by atoms with Gasteiger partial charge >= 0.3 is 11.9 Å². The fourth-order valence-electron chi connectivity index (χ4n) is 2.95. The van der Waals surface area contributed by atoms with E-state index < -0.39 is 11.9 Å². The molecule has 0 saturated heterocycles. The van der Waals surface area contributed by atoms with Crippen LogP contribution in [0.1, 0.15) is 52.1 Å². The fraction of sp³-hybridized carbons (Fsp3) is 0.333. The lowest BCUT2D eigenvalue weighted by Gasteiger charge is -2.07. The first-order chi connectivity index (χ1) is 14.7. The topological polar surface area (TPSA) is 99.0 Å². The molecule has 0 aliphatic carbocycles. The Kier molecular flexibility index (Phi) is 6.97. The highest BCUT2D eigenvalue weighted by Gasteiger charge is 2.28. The Morgan fingerprint density at radius 1 is 1.23 bits per heavy atom. The Morgan fingerprint density at radius 2 is 1.97 bits per heavy atom. The van der Waals surface area contributed by atoms with Crippen molar-refractivity contribution in [2.24, 2.45) is 0 Å². The number of halogens is 1. The molecule has 0 saturated carbocycles. The van der Waals surface area contributed by atoms with Gasteiger partial charge in [0.25, 0.3) is 0 Å². The summed E-state index contributed by atoms with van der Waals surface area (Å²) in [7, 11) is 0. The van der Waals surface area contributed by atoms with Gasteiger partial charge < -0.3 is 19.2 Å². The molecule has 1 amide bonds. The summed E-state index contributed by atoms with van der Waals surface area (Å²) in [4.78, 5) is 42.2. The number of pyridine rings is 1. The van der Waals surface area contributed by atoms with Crippen LogP contribution < -0.4 is 5.32 Å². The second-order valence-corrected chi connectivity index (χ2v) is 8.46. The average molecular weight is 464 g/mol. The Balaban J connectivity index is 1.86. The van der Waals surface area contributed by atoms with Crippen LogP contribution in [0.25, 0.3) is 5.65 Å². The molecule has 3 rings (SSSR count). The summed E-state index contributed by atoms with van der Waals surface area (Å²) in [6, 6.07) is 3.46. The molecule has 8 nitrogen and oxygen atoms in total. The smallest absolute Gasteiger partial charge is 0.348 e. The number of carbonyl (C=O) groups is 3. The number of hydrogen-bond acceptors (Lipinski definition) is 7. The monoisotopic (exact) mass is 463 g/mol. The van der Waals surface area contributed by atoms with Gasteiger partial charge in [-0.2, -0.15) is 0 Å². The van der Waals surface area contributed by atoms with Crippen LogP contribution >= 0.6 is 22.9 Å². The van der Waals surface area contributed by atoms with E-state index in [1.807, 2.05) is 0 Å². The van der Waals surface area contributed by atoms with Crippen LogP contribution in [0.4, 0.5) is 5.00 Å². The number of imidazole rings is 1. The molecular formula is C21H22ClN3O5S. The lowest BCUT2D eigenvalue weighted by atomic mass is 10.1. The summed E-state index contributed by atoms with van der Waals surface area (Å²) in [5.74, 6) is -1.55. The predicted octanol–water partition coefficient (Wildman–Crippen LogP) is 4.28. The van der Waals surface area contributed by atoms with Gasteiger partial charge in [-0.1, -0.05) is 11.6 Å². The van der Waals surface area contributed by atoms with Gasteiger partial charge in [0.05, 0.1) is 35.4 Å². The summed E-state index contributed by atoms with van der Waals surface area (Å²) in [5, 5.41) is 3.51. The number of fused-ring (bicyclic) bond motifs is 1. The van der Waals surface area contributed by atoms with E-state index in [-0.39, 0.29) is 40.5 Å². The number of esters is 2. The number of carbonyl (C=O) groups excluding carboxylic acids is 3. The van der Waals surface area contributed by atoms with E-state index in [0.29, 0.717) is 21.9 Å². The van der Waals surface area contributed by atoms with E-state index in [4.69, 9.17) is 21.1 Å². The first-order valence-corrected chi connectivity index (χ1v) is 10.8. The number of rotatable bonds is 7. The Bertz CT molecular complexity index is 1150. The van der Waals surface area contributed by atoms with Crippen molar-refractivity contribution in [3.8, 4) is 0 Å². The number of anilines is 1. The second-order valence-electron chi connectivity index (χ2n) is 7.00. The fourth-order valence-corrected chi connectivity index (χ4v) is 4.21. The van der Waals surface area contributed by atoms with Crippen LogP contribution in [0.2, 0.25) is 5.02 Å². The molecule has 1 N–H and O–H groups in total. The Morgan fingerprint density at radius 3 is 2.65 bits per heavy atom. The third-order valence-corrected chi connectivity index (χ3v) is 5.62. The molecule has 31 heavy (non-hydrogen) atoms. The van der Waals surface area contributed by atoms with Gasteiger partial charge in [0.1, 0.15) is 15.5 Å². The maximum Gasteiger partial charge on any atom is 0.348 e. The lowest BCUT2D eigenvalue weighted by molar-refractivity contribution is -0.115. The number of nitrogens with zero attached hydrogens (tertiary/aromatic N) is 2. The zero-order chi connectivity index (χ0) is 22.7. The molecule has 3 aromatic heterocycles. The first-order valence-electron chi connectivity index (χ1n) is 9.64. The minimum Gasteiger partial charge on any atom is -0.462 e. The summed E-state index contributed by atoms with van der Waals surface area (Å²) in [6.07, 6.45) is 3.06. The number of aromatic nitrogens is 2. The molecule has 164 valence electrons. The van der Waals surface area contributed by atoms with E-state index in [2.05, 4.69) is 10.3 Å². The standard InChI is InChI=1S/C21H22ClN3O5S/c1-5-29-20(27)17-12(4)18(21(28)30-11(2)3)31-19(17)24-16(26)8-14-10-25-9-13(22)6-7-15(25)23-14/h6-7,9-11H,5,8H2,1-4H3,(H,24,26). The van der Waals surface area contributed by atoms with Gasteiger partial charge in [-0.05, 0) is 45.4 Å². The van der Waals surface area contributed by atoms with Crippen molar-refractivity contribution in [3.05, 3.63) is 51.2 Å². The predicted molar refractivity (Wildman–Crippen MR) is 118 cm³/mol. The zero-order valence-corrected chi connectivity index (χ0v) is 19.1. The summed E-state index contributed by atoms with van der Waals surface area (Å²) >= 11 is 6.97. The molecule has 0 spiro atoms. The Hall–Kier alpha value is -2.91. The van der Waals surface area contributed by atoms with Crippen molar-refractivity contribution in [1.82, 2.24) is 9.38 Å². The minimum absolute atomic E-state index is 0.0235. The van der Waals surface area contributed by atoms with Crippen molar-refractivity contribution in [3.63, 3.8) is 0 Å². The quantitative estimate of drug-likeness (QED) is 0.525. The molecule has 0 radical (unpaired) electrons. The van der Waals surface area contributed by atoms with E-state index in [0.717, 1.165) is 11.3 Å². The first kappa shape index (κ1) is 22.8. The highest BCUT2D eigenvalue weighted by atomic mass is 35.5. The van der Waals surface area contributed by atoms with Crippen LogP contribution in [-0.2, 0) is 20.7 Å². The van der Waals surface area contributed by atoms with Crippen molar-refractivity contribution < 1.29 is 23.9 Å². The van der Waals surface area contributed by atoms with Crippen molar-refractivity contribution in [2.45, 2.75) is 40.2 Å². The van der Waals surface area contributed by atoms with Crippen LogP contribution in [0, 0.1) is 6.92 Å². The van der Waals surface area contributed by atoms with Crippen molar-refractivity contribution in [2.75, 3.05) is 11.9 Å². The maximum atomic E-state index is 12.7. The summed E-state index contributed by atoms with van der Waals surface area (Å²) in [5.41, 5.74) is 1.75. The number of hydrogen-bond donors (Lipinski definition) is 1. The largest absolute Gasteiger partial charge is 0.462 e. The molecule has 0 unspecified atom stereocenters. The zero-order valence-electron chi connectivity index (χ0n) is 17.5. The van der Waals surface area contributed by atoms with E-state index in [9.17, 15) is 14.4 Å². The van der Waals surface area contributed by atoms with Gasteiger partial charge in [0.2, 0.25) is 5.91 Å². The van der Waals surface area contributed by atoms with Crippen LogP contribution in [0.3, 0.4) is 0 Å². The van der Waals surface area contributed by atoms with Crippen LogP contribution in [0.5, 0.6) is 0 Å². The molecule has 3 heterocycles.